The van der Waals surface area contributed by atoms with Crippen molar-refractivity contribution in [2.24, 2.45) is 0 Å². The molecule has 0 aliphatic rings. The molecule has 1 heteroatoms. The van der Waals surface area contributed by atoms with Crippen molar-refractivity contribution in [2.45, 2.75) is 39.0 Å². The summed E-state index contributed by atoms with van der Waals surface area (Å²) in [5.41, 5.74) is 0. The lowest BCUT2D eigenvalue weighted by molar-refractivity contribution is 0.556. The van der Waals surface area contributed by atoms with Gasteiger partial charge in [-0.1, -0.05) is 49.8 Å². The van der Waals surface area contributed by atoms with Crippen molar-refractivity contribution in [1.82, 2.24) is 0 Å². The summed E-state index contributed by atoms with van der Waals surface area (Å²) in [7, 11) is 0. The van der Waals surface area contributed by atoms with E-state index in [1.807, 2.05) is 18.4 Å². The van der Waals surface area contributed by atoms with Gasteiger partial charge in [0.2, 0.25) is 6.29 Å². The maximum atomic E-state index is 9.84. The van der Waals surface area contributed by atoms with Gasteiger partial charge in [-0.2, -0.15) is 0 Å². The van der Waals surface area contributed by atoms with E-state index in [4.69, 9.17) is 0 Å². The Labute approximate surface area is 87.2 Å². The van der Waals surface area contributed by atoms with E-state index in [-0.39, 0.29) is 0 Å². The van der Waals surface area contributed by atoms with Crippen molar-refractivity contribution in [3.8, 4) is 0 Å². The summed E-state index contributed by atoms with van der Waals surface area (Å²) in [5.74, 6) is 0. The van der Waals surface area contributed by atoms with E-state index in [0.29, 0.717) is 6.42 Å². The van der Waals surface area contributed by atoms with Crippen LogP contribution in [0, 0.1) is 0 Å². The summed E-state index contributed by atoms with van der Waals surface area (Å²) >= 11 is 0. The minimum Gasteiger partial charge on any atom is -0.291 e. The highest BCUT2D eigenvalue weighted by molar-refractivity contribution is 5.52. The molecule has 0 aliphatic heterocycles. The topological polar surface area (TPSA) is 17.1 Å². The Bertz CT molecular complexity index is 199. The summed E-state index contributed by atoms with van der Waals surface area (Å²) in [6.07, 6.45) is 19.0. The van der Waals surface area contributed by atoms with Gasteiger partial charge in [0.05, 0.1) is 0 Å². The highest BCUT2D eigenvalue weighted by Gasteiger charge is 1.76. The Morgan fingerprint density at radius 1 is 0.929 bits per heavy atom. The predicted molar refractivity (Wildman–Crippen MR) is 61.9 cm³/mol. The number of hydrogen-bond acceptors (Lipinski definition) is 1. The first-order chi connectivity index (χ1) is 6.91. The smallest absolute Gasteiger partial charge is 0.202 e. The van der Waals surface area contributed by atoms with Gasteiger partial charge >= 0.3 is 0 Å². The van der Waals surface area contributed by atoms with Crippen molar-refractivity contribution < 1.29 is 4.79 Å². The number of hydrogen-bond donors (Lipinski definition) is 0. The molecule has 1 radical (unpaired) electrons. The molecular formula is C13H19O. The monoisotopic (exact) mass is 191 g/mol. The zero-order chi connectivity index (χ0) is 10.5. The van der Waals surface area contributed by atoms with Gasteiger partial charge in [0.25, 0.3) is 0 Å². The first-order valence-electron chi connectivity index (χ1n) is 5.23. The van der Waals surface area contributed by atoms with Crippen LogP contribution in [0.4, 0.5) is 0 Å². The molecular weight excluding hydrogens is 172 g/mol. The zero-order valence-electron chi connectivity index (χ0n) is 8.91. The van der Waals surface area contributed by atoms with Gasteiger partial charge in [0.1, 0.15) is 0 Å². The second-order valence-electron chi connectivity index (χ2n) is 3.04. The van der Waals surface area contributed by atoms with Gasteiger partial charge in [-0.15, -0.1) is 0 Å². The summed E-state index contributed by atoms with van der Waals surface area (Å²) in [6, 6.07) is 0. The Morgan fingerprint density at radius 3 is 2.21 bits per heavy atom. The Hall–Kier alpha value is -1.11. The molecule has 0 fully saturated rings. The lowest BCUT2D eigenvalue weighted by Gasteiger charge is -1.85. The van der Waals surface area contributed by atoms with Crippen LogP contribution >= 0.6 is 0 Å². The van der Waals surface area contributed by atoms with Crippen LogP contribution in [0.25, 0.3) is 0 Å². The standard InChI is InChI=1S/C13H19O/c1-2-3-4-5-6-7-8-9-10-11-12-13-14/h4-7,10-11H,2-3,8-9,12H2,1H3. The molecule has 0 saturated carbocycles. The van der Waals surface area contributed by atoms with Crippen LogP contribution in [0.15, 0.2) is 36.5 Å². The van der Waals surface area contributed by atoms with Crippen molar-refractivity contribution in [2.75, 3.05) is 0 Å². The van der Waals surface area contributed by atoms with Gasteiger partial charge in [-0.25, -0.2) is 0 Å². The zero-order valence-corrected chi connectivity index (χ0v) is 8.91. The van der Waals surface area contributed by atoms with E-state index in [2.05, 4.69) is 31.2 Å². The molecule has 14 heavy (non-hydrogen) atoms. The molecule has 0 rings (SSSR count). The minimum atomic E-state index is 0.417. The molecule has 0 N–H and O–H groups in total. The lowest BCUT2D eigenvalue weighted by atomic mass is 10.2. The Balaban J connectivity index is 3.30. The van der Waals surface area contributed by atoms with E-state index in [1.54, 1.807) is 0 Å². The Morgan fingerprint density at radius 2 is 1.57 bits per heavy atom. The number of rotatable bonds is 8. The molecule has 0 spiro atoms. The molecule has 0 aromatic rings. The predicted octanol–water partition coefficient (Wildman–Crippen LogP) is 3.74. The fourth-order valence-electron chi connectivity index (χ4n) is 0.958. The van der Waals surface area contributed by atoms with E-state index in [0.717, 1.165) is 19.3 Å². The number of allylic oxidation sites excluding steroid dienone is 6. The van der Waals surface area contributed by atoms with Crippen molar-refractivity contribution in [1.29, 1.82) is 0 Å². The van der Waals surface area contributed by atoms with Crippen molar-refractivity contribution in [3.63, 3.8) is 0 Å². The highest BCUT2D eigenvalue weighted by Crippen LogP contribution is 1.95. The molecule has 0 aromatic carbocycles. The van der Waals surface area contributed by atoms with Crippen LogP contribution in [-0.2, 0) is 4.79 Å². The second kappa shape index (κ2) is 11.9. The molecule has 0 unspecified atom stereocenters. The number of unbranched alkanes of at least 4 members (excludes halogenated alkanes) is 2. The summed E-state index contributed by atoms with van der Waals surface area (Å²) in [4.78, 5) is 9.84. The minimum absolute atomic E-state index is 0.417. The molecule has 0 aliphatic carbocycles. The fraction of sp³-hybridized carbons (Fsp3) is 0.462. The first kappa shape index (κ1) is 12.9. The maximum absolute atomic E-state index is 9.84. The second-order valence-corrected chi connectivity index (χ2v) is 3.04. The quantitative estimate of drug-likeness (QED) is 0.324. The highest BCUT2D eigenvalue weighted by atomic mass is 16.1. The van der Waals surface area contributed by atoms with E-state index < -0.39 is 0 Å². The molecule has 1 nitrogen and oxygen atoms in total. The average Bonchev–Trinajstić information content (AvgIpc) is 2.21. The SMILES string of the molecule is CCCC=CC=CCCC=CC[C]=O. The van der Waals surface area contributed by atoms with E-state index in [9.17, 15) is 4.79 Å². The summed E-state index contributed by atoms with van der Waals surface area (Å²) in [6.45, 7) is 2.17. The normalized spacial score (nSPS) is 12.1. The maximum Gasteiger partial charge on any atom is 0.202 e. The van der Waals surface area contributed by atoms with Crippen molar-refractivity contribution in [3.05, 3.63) is 36.5 Å². The molecule has 0 amide bonds. The molecule has 0 atom stereocenters. The van der Waals surface area contributed by atoms with Crippen LogP contribution in [0.3, 0.4) is 0 Å². The molecule has 0 bridgehead atoms. The third-order valence-electron chi connectivity index (χ3n) is 1.71. The van der Waals surface area contributed by atoms with Crippen molar-refractivity contribution >= 4 is 6.29 Å². The third-order valence-corrected chi connectivity index (χ3v) is 1.71. The Kier molecular flexibility index (Phi) is 10.9. The van der Waals surface area contributed by atoms with Crippen LogP contribution < -0.4 is 0 Å². The van der Waals surface area contributed by atoms with Gasteiger partial charge in [0.15, 0.2) is 0 Å². The van der Waals surface area contributed by atoms with Gasteiger partial charge in [-0.3, -0.25) is 4.79 Å². The molecule has 77 valence electrons. The van der Waals surface area contributed by atoms with Crippen LogP contribution in [-0.4, -0.2) is 6.29 Å². The molecule has 0 saturated heterocycles. The first-order valence-corrected chi connectivity index (χ1v) is 5.23. The van der Waals surface area contributed by atoms with Gasteiger partial charge in [-0.05, 0) is 19.3 Å². The molecule has 0 aromatic heterocycles. The van der Waals surface area contributed by atoms with Crippen LogP contribution in [0.2, 0.25) is 0 Å². The van der Waals surface area contributed by atoms with Crippen LogP contribution in [0.1, 0.15) is 39.0 Å². The largest absolute Gasteiger partial charge is 0.291 e. The van der Waals surface area contributed by atoms with E-state index >= 15 is 0 Å². The summed E-state index contributed by atoms with van der Waals surface area (Å²) < 4.78 is 0. The van der Waals surface area contributed by atoms with Gasteiger partial charge < -0.3 is 0 Å². The summed E-state index contributed by atoms with van der Waals surface area (Å²) in [5, 5.41) is 0. The van der Waals surface area contributed by atoms with Gasteiger partial charge in [0, 0.05) is 6.42 Å². The number of carbonyl (C=O) groups excluding carboxylic acids is 1. The average molecular weight is 191 g/mol. The molecule has 0 heterocycles. The van der Waals surface area contributed by atoms with Crippen LogP contribution in [0.5, 0.6) is 0 Å². The van der Waals surface area contributed by atoms with E-state index in [1.165, 1.54) is 6.42 Å². The third kappa shape index (κ3) is 10.9. The lowest BCUT2D eigenvalue weighted by Crippen LogP contribution is -1.67. The fourth-order valence-corrected chi connectivity index (χ4v) is 0.958.